The van der Waals surface area contributed by atoms with Crippen LogP contribution < -0.4 is 5.32 Å². The van der Waals surface area contributed by atoms with Crippen molar-refractivity contribution in [2.24, 2.45) is 11.8 Å². The second kappa shape index (κ2) is 9.22. The van der Waals surface area contributed by atoms with Crippen LogP contribution in [0.4, 0.5) is 10.1 Å². The van der Waals surface area contributed by atoms with Gasteiger partial charge in [0.05, 0.1) is 16.9 Å². The van der Waals surface area contributed by atoms with Crippen molar-refractivity contribution in [1.29, 1.82) is 0 Å². The van der Waals surface area contributed by atoms with E-state index in [1.54, 1.807) is 0 Å². The van der Waals surface area contributed by atoms with Gasteiger partial charge in [-0.15, -0.1) is 0 Å². The monoisotopic (exact) mass is 405 g/mol. The summed E-state index contributed by atoms with van der Waals surface area (Å²) in [5, 5.41) is 2.69. The molecule has 1 amide bonds. The molecule has 0 radical (unpaired) electrons. The smallest absolute Gasteiger partial charge is 0.310 e. The van der Waals surface area contributed by atoms with E-state index in [4.69, 9.17) is 39.5 Å². The number of carbonyl (C=O) groups is 2. The highest BCUT2D eigenvalue weighted by Gasteiger charge is 2.35. The summed E-state index contributed by atoms with van der Waals surface area (Å²) in [5.74, 6) is -2.55. The number of halogens is 4. The van der Waals surface area contributed by atoms with E-state index in [2.05, 4.69) is 5.32 Å². The number of ether oxygens (including phenoxy) is 1. The number of rotatable bonds is 5. The molecule has 1 N–H and O–H groups in total. The lowest BCUT2D eigenvalue weighted by atomic mass is 9.82. The number of allylic oxidation sites excluding steroid dienone is 2. The Hall–Kier alpha value is -1.56. The molecule has 0 aromatic heterocycles. The number of hydrogen-bond acceptors (Lipinski definition) is 3. The number of anilines is 1. The van der Waals surface area contributed by atoms with E-state index < -0.39 is 23.6 Å². The summed E-state index contributed by atoms with van der Waals surface area (Å²) in [5.41, 5.74) is 0.452. The van der Waals surface area contributed by atoms with Crippen LogP contribution in [0.15, 0.2) is 45.9 Å². The number of benzene rings is 1. The molecule has 0 fully saturated rings. The van der Waals surface area contributed by atoms with Crippen LogP contribution in [0, 0.1) is 17.7 Å². The molecule has 8 heteroatoms. The number of hydrogen-bond donors (Lipinski definition) is 1. The maximum atomic E-state index is 12.9. The van der Waals surface area contributed by atoms with E-state index in [9.17, 15) is 14.0 Å². The van der Waals surface area contributed by atoms with Crippen molar-refractivity contribution < 1.29 is 18.7 Å². The first-order chi connectivity index (χ1) is 11.9. The number of carbonyl (C=O) groups excluding carboxylic acids is 2. The van der Waals surface area contributed by atoms with Gasteiger partial charge in [-0.25, -0.2) is 4.39 Å². The quantitative estimate of drug-likeness (QED) is 0.566. The van der Waals surface area contributed by atoms with Crippen LogP contribution >= 0.6 is 34.8 Å². The third-order valence-corrected chi connectivity index (χ3v) is 4.68. The van der Waals surface area contributed by atoms with Gasteiger partial charge in [0, 0.05) is 5.69 Å². The molecule has 1 aromatic carbocycles. The Bertz CT molecular complexity index is 700. The Morgan fingerprint density at radius 1 is 1.08 bits per heavy atom. The van der Waals surface area contributed by atoms with Crippen LogP contribution in [0.25, 0.3) is 0 Å². The zero-order valence-electron chi connectivity index (χ0n) is 13.0. The van der Waals surface area contributed by atoms with Crippen LogP contribution in [-0.4, -0.2) is 18.5 Å². The Morgan fingerprint density at radius 3 is 2.28 bits per heavy atom. The van der Waals surface area contributed by atoms with E-state index in [-0.39, 0.29) is 22.0 Å². The Labute approximate surface area is 159 Å². The summed E-state index contributed by atoms with van der Waals surface area (Å²) < 4.78 is 17.8. The molecule has 0 spiro atoms. The lowest BCUT2D eigenvalue weighted by Crippen LogP contribution is -2.36. The molecule has 0 saturated heterocycles. The second-order valence-electron chi connectivity index (χ2n) is 5.42. The minimum atomic E-state index is -0.649. The fourth-order valence-electron chi connectivity index (χ4n) is 2.43. The summed E-state index contributed by atoms with van der Waals surface area (Å²) in [6.07, 6.45) is 4.42. The van der Waals surface area contributed by atoms with Gasteiger partial charge in [-0.3, -0.25) is 9.59 Å². The average Bonchev–Trinajstić information content (AvgIpc) is 2.61. The van der Waals surface area contributed by atoms with Crippen molar-refractivity contribution >= 4 is 52.4 Å². The molecule has 4 nitrogen and oxygen atoms in total. The molecular weight excluding hydrogens is 392 g/mol. The first-order valence-corrected chi connectivity index (χ1v) is 8.59. The highest BCUT2D eigenvalue weighted by atomic mass is 35.5. The molecule has 1 aliphatic carbocycles. The SMILES string of the molecule is O=C(OCC(Cl)=C(Cl)Cl)[C@H]1CC=CC[C@H]1C(=O)Nc1ccc(F)cc1. The maximum Gasteiger partial charge on any atom is 0.310 e. The lowest BCUT2D eigenvalue weighted by molar-refractivity contribution is -0.151. The number of amides is 1. The molecule has 2 atom stereocenters. The molecule has 0 saturated carbocycles. The molecule has 134 valence electrons. The number of nitrogens with one attached hydrogen (secondary N) is 1. The molecule has 0 aliphatic heterocycles. The van der Waals surface area contributed by atoms with Crippen molar-refractivity contribution in [1.82, 2.24) is 0 Å². The van der Waals surface area contributed by atoms with Crippen LogP contribution in [0.3, 0.4) is 0 Å². The van der Waals surface area contributed by atoms with E-state index in [1.807, 2.05) is 12.2 Å². The van der Waals surface area contributed by atoms with Gasteiger partial charge in [0.25, 0.3) is 0 Å². The van der Waals surface area contributed by atoms with Crippen molar-refractivity contribution in [3.05, 3.63) is 51.8 Å². The Kier molecular flexibility index (Phi) is 7.29. The topological polar surface area (TPSA) is 55.4 Å². The van der Waals surface area contributed by atoms with E-state index in [0.717, 1.165) is 0 Å². The van der Waals surface area contributed by atoms with E-state index >= 15 is 0 Å². The third kappa shape index (κ3) is 5.73. The summed E-state index contributed by atoms with van der Waals surface area (Å²) in [6, 6.07) is 5.39. The van der Waals surface area contributed by atoms with Gasteiger partial charge < -0.3 is 10.1 Å². The van der Waals surface area contributed by atoms with E-state index in [1.165, 1.54) is 24.3 Å². The molecule has 1 aliphatic rings. The zero-order valence-corrected chi connectivity index (χ0v) is 15.2. The fourth-order valence-corrected chi connectivity index (χ4v) is 2.59. The molecule has 25 heavy (non-hydrogen) atoms. The highest BCUT2D eigenvalue weighted by Crippen LogP contribution is 2.29. The van der Waals surface area contributed by atoms with Gasteiger partial charge in [-0.1, -0.05) is 47.0 Å². The van der Waals surface area contributed by atoms with Gasteiger partial charge in [0.1, 0.15) is 16.9 Å². The van der Waals surface area contributed by atoms with Crippen molar-refractivity contribution in [2.75, 3.05) is 11.9 Å². The summed E-state index contributed by atoms with van der Waals surface area (Å²) in [7, 11) is 0. The Balaban J connectivity index is 2.03. The van der Waals surface area contributed by atoms with Crippen LogP contribution in [0.2, 0.25) is 0 Å². The molecule has 0 bridgehead atoms. The normalized spacial score (nSPS) is 19.2. The average molecular weight is 407 g/mol. The number of esters is 1. The maximum absolute atomic E-state index is 12.9. The largest absolute Gasteiger partial charge is 0.460 e. The second-order valence-corrected chi connectivity index (χ2v) is 6.83. The predicted molar refractivity (Wildman–Crippen MR) is 95.9 cm³/mol. The van der Waals surface area contributed by atoms with Crippen molar-refractivity contribution in [3.8, 4) is 0 Å². The summed E-state index contributed by atoms with van der Waals surface area (Å²) in [6.45, 7) is -0.255. The van der Waals surface area contributed by atoms with E-state index in [0.29, 0.717) is 18.5 Å². The van der Waals surface area contributed by atoms with Crippen molar-refractivity contribution in [2.45, 2.75) is 12.8 Å². The fraction of sp³-hybridized carbons (Fsp3) is 0.294. The zero-order chi connectivity index (χ0) is 18.4. The Morgan fingerprint density at radius 2 is 1.68 bits per heavy atom. The van der Waals surface area contributed by atoms with Crippen LogP contribution in [-0.2, 0) is 14.3 Å². The van der Waals surface area contributed by atoms with Gasteiger partial charge in [-0.05, 0) is 37.1 Å². The van der Waals surface area contributed by atoms with Gasteiger partial charge in [0.15, 0.2) is 0 Å². The van der Waals surface area contributed by atoms with Gasteiger partial charge >= 0.3 is 5.97 Å². The van der Waals surface area contributed by atoms with Crippen LogP contribution in [0.1, 0.15) is 12.8 Å². The minimum Gasteiger partial charge on any atom is -0.460 e. The van der Waals surface area contributed by atoms with Crippen LogP contribution in [0.5, 0.6) is 0 Å². The molecule has 0 heterocycles. The first-order valence-electron chi connectivity index (χ1n) is 7.46. The molecule has 2 rings (SSSR count). The minimum absolute atomic E-state index is 0.00958. The van der Waals surface area contributed by atoms with Gasteiger partial charge in [-0.2, -0.15) is 0 Å². The molecular formula is C17H15Cl3FNO3. The lowest BCUT2D eigenvalue weighted by Gasteiger charge is -2.26. The summed E-state index contributed by atoms with van der Waals surface area (Å²) in [4.78, 5) is 24.8. The van der Waals surface area contributed by atoms with Crippen molar-refractivity contribution in [3.63, 3.8) is 0 Å². The van der Waals surface area contributed by atoms with Gasteiger partial charge in [0.2, 0.25) is 5.91 Å². The first kappa shape index (κ1) is 19.8. The standard InChI is InChI=1S/C17H15Cl3FNO3/c18-14(15(19)20)9-25-17(24)13-4-2-1-3-12(13)16(23)22-11-7-5-10(21)6-8-11/h1-2,5-8,12-13H,3-4,9H2,(H,22,23)/t12-,13+/m1/s1. The molecule has 0 unspecified atom stereocenters. The molecule has 1 aromatic rings. The highest BCUT2D eigenvalue weighted by molar-refractivity contribution is 6.59. The summed E-state index contributed by atoms with van der Waals surface area (Å²) >= 11 is 16.7. The third-order valence-electron chi connectivity index (χ3n) is 3.73. The predicted octanol–water partition coefficient (Wildman–Crippen LogP) is 4.78.